The first-order valence-electron chi connectivity index (χ1n) is 10.5. The van der Waals surface area contributed by atoms with Crippen molar-refractivity contribution in [2.24, 2.45) is 0 Å². The number of amides is 1. The molecule has 1 saturated heterocycles. The first-order valence-corrected chi connectivity index (χ1v) is 11.3. The maximum absolute atomic E-state index is 13.3. The monoisotopic (exact) mass is 445 g/mol. The first-order chi connectivity index (χ1) is 15.7. The van der Waals surface area contributed by atoms with Crippen LogP contribution in [-0.2, 0) is 0 Å². The number of thiophene rings is 1. The van der Waals surface area contributed by atoms with Crippen LogP contribution in [0.2, 0.25) is 0 Å². The average molecular weight is 446 g/mol. The van der Waals surface area contributed by atoms with Gasteiger partial charge in [0.05, 0.1) is 23.7 Å². The van der Waals surface area contributed by atoms with Crippen LogP contribution >= 0.6 is 11.3 Å². The molecule has 7 nitrogen and oxygen atoms in total. The molecule has 1 fully saturated rings. The number of piperazine rings is 1. The normalized spacial score (nSPS) is 13.9. The van der Waals surface area contributed by atoms with Crippen LogP contribution in [0.1, 0.15) is 10.4 Å². The van der Waals surface area contributed by atoms with Crippen molar-refractivity contribution in [1.82, 2.24) is 14.9 Å². The highest BCUT2D eigenvalue weighted by atomic mass is 32.1. The number of rotatable bonds is 5. The van der Waals surface area contributed by atoms with Crippen molar-refractivity contribution in [3.8, 4) is 5.75 Å². The molecule has 0 saturated carbocycles. The Morgan fingerprint density at radius 1 is 1.00 bits per heavy atom. The minimum atomic E-state index is 0.0321. The summed E-state index contributed by atoms with van der Waals surface area (Å²) < 4.78 is 5.22. The number of para-hydroxylation sites is 1. The number of carbonyl (C=O) groups excluding carboxylic acids is 1. The molecule has 8 heteroatoms. The van der Waals surface area contributed by atoms with Crippen LogP contribution in [0.15, 0.2) is 66.3 Å². The van der Waals surface area contributed by atoms with Crippen LogP contribution in [-0.4, -0.2) is 54.1 Å². The SMILES string of the molecule is COc1ccc(Nc2ccccc2C(=O)N2CCN(c3ncnc4sccc34)CC2)cc1. The van der Waals surface area contributed by atoms with E-state index in [1.54, 1.807) is 24.8 Å². The quantitative estimate of drug-likeness (QED) is 0.491. The minimum Gasteiger partial charge on any atom is -0.497 e. The van der Waals surface area contributed by atoms with Gasteiger partial charge in [0.2, 0.25) is 0 Å². The number of nitrogens with zero attached hydrogens (tertiary/aromatic N) is 4. The van der Waals surface area contributed by atoms with E-state index in [4.69, 9.17) is 4.74 Å². The molecular formula is C24H23N5O2S. The van der Waals surface area contributed by atoms with E-state index in [0.717, 1.165) is 46.2 Å². The minimum absolute atomic E-state index is 0.0321. The number of hydrogen-bond donors (Lipinski definition) is 1. The van der Waals surface area contributed by atoms with Crippen molar-refractivity contribution in [1.29, 1.82) is 0 Å². The Kier molecular flexibility index (Phi) is 5.60. The Hall–Kier alpha value is -3.65. The number of aromatic nitrogens is 2. The molecule has 2 aromatic carbocycles. The van der Waals surface area contributed by atoms with Crippen LogP contribution in [0.3, 0.4) is 0 Å². The van der Waals surface area contributed by atoms with Crippen LogP contribution in [0, 0.1) is 0 Å². The largest absolute Gasteiger partial charge is 0.497 e. The highest BCUT2D eigenvalue weighted by molar-refractivity contribution is 7.16. The number of benzene rings is 2. The average Bonchev–Trinajstić information content (AvgIpc) is 3.34. The van der Waals surface area contributed by atoms with Crippen molar-refractivity contribution in [2.75, 3.05) is 43.5 Å². The Balaban J connectivity index is 1.30. The second-order valence-corrected chi connectivity index (χ2v) is 8.41. The molecule has 2 aromatic heterocycles. The van der Waals surface area contributed by atoms with Gasteiger partial charge in [-0.15, -0.1) is 11.3 Å². The van der Waals surface area contributed by atoms with Gasteiger partial charge in [0, 0.05) is 31.9 Å². The number of hydrogen-bond acceptors (Lipinski definition) is 7. The van der Waals surface area contributed by atoms with Gasteiger partial charge >= 0.3 is 0 Å². The van der Waals surface area contributed by atoms with Crippen molar-refractivity contribution in [3.05, 3.63) is 71.9 Å². The predicted octanol–water partition coefficient (Wildman–Crippen LogP) is 4.41. The summed E-state index contributed by atoms with van der Waals surface area (Å²) in [6.45, 7) is 2.76. The molecule has 0 unspecified atom stereocenters. The third kappa shape index (κ3) is 3.97. The number of ether oxygens (including phenoxy) is 1. The Bertz CT molecular complexity index is 1230. The molecule has 4 aromatic rings. The fourth-order valence-corrected chi connectivity index (χ4v) is 4.66. The molecule has 1 aliphatic heterocycles. The molecule has 1 N–H and O–H groups in total. The van der Waals surface area contributed by atoms with Crippen molar-refractivity contribution in [2.45, 2.75) is 0 Å². The second kappa shape index (κ2) is 8.84. The van der Waals surface area contributed by atoms with Gasteiger partial charge in [0.25, 0.3) is 5.91 Å². The third-order valence-electron chi connectivity index (χ3n) is 5.63. The maximum Gasteiger partial charge on any atom is 0.256 e. The summed E-state index contributed by atoms with van der Waals surface area (Å²) in [6, 6.07) is 17.4. The predicted molar refractivity (Wildman–Crippen MR) is 128 cm³/mol. The van der Waals surface area contributed by atoms with E-state index in [-0.39, 0.29) is 5.91 Å². The molecular weight excluding hydrogens is 422 g/mol. The number of anilines is 3. The fourth-order valence-electron chi connectivity index (χ4n) is 3.93. The standard InChI is InChI=1S/C24H23N5O2S/c1-31-18-8-6-17(7-9-18)27-21-5-3-2-4-19(21)24(30)29-13-11-28(12-14-29)22-20-10-15-32-23(20)26-16-25-22/h2-10,15-16,27H,11-14H2,1H3. The fraction of sp³-hybridized carbons (Fsp3) is 0.208. The molecule has 0 bridgehead atoms. The van der Waals surface area contributed by atoms with Gasteiger partial charge in [0.1, 0.15) is 22.7 Å². The summed E-state index contributed by atoms with van der Waals surface area (Å²) >= 11 is 1.62. The summed E-state index contributed by atoms with van der Waals surface area (Å²) in [7, 11) is 1.64. The maximum atomic E-state index is 13.3. The van der Waals surface area contributed by atoms with E-state index in [1.807, 2.05) is 58.8 Å². The molecule has 0 aliphatic carbocycles. The van der Waals surface area contributed by atoms with E-state index in [1.165, 1.54) is 0 Å². The summed E-state index contributed by atoms with van der Waals surface area (Å²) in [6.07, 6.45) is 1.62. The van der Waals surface area contributed by atoms with Gasteiger partial charge in [-0.2, -0.15) is 0 Å². The Labute approximate surface area is 190 Å². The lowest BCUT2D eigenvalue weighted by molar-refractivity contribution is 0.0747. The van der Waals surface area contributed by atoms with Gasteiger partial charge in [0.15, 0.2) is 0 Å². The number of carbonyl (C=O) groups is 1. The lowest BCUT2D eigenvalue weighted by Crippen LogP contribution is -2.49. The summed E-state index contributed by atoms with van der Waals surface area (Å²) in [5.41, 5.74) is 2.36. The van der Waals surface area contributed by atoms with Crippen LogP contribution in [0.5, 0.6) is 5.75 Å². The van der Waals surface area contributed by atoms with E-state index in [0.29, 0.717) is 18.7 Å². The highest BCUT2D eigenvalue weighted by Crippen LogP contribution is 2.28. The van der Waals surface area contributed by atoms with E-state index >= 15 is 0 Å². The summed E-state index contributed by atoms with van der Waals surface area (Å²) in [5.74, 6) is 1.77. The molecule has 0 spiro atoms. The highest BCUT2D eigenvalue weighted by Gasteiger charge is 2.25. The second-order valence-electron chi connectivity index (χ2n) is 7.52. The third-order valence-corrected chi connectivity index (χ3v) is 6.45. The van der Waals surface area contributed by atoms with E-state index < -0.39 is 0 Å². The topological polar surface area (TPSA) is 70.6 Å². The van der Waals surface area contributed by atoms with Crippen LogP contribution in [0.25, 0.3) is 10.2 Å². The van der Waals surface area contributed by atoms with Gasteiger partial charge in [-0.3, -0.25) is 4.79 Å². The van der Waals surface area contributed by atoms with E-state index in [2.05, 4.69) is 26.3 Å². The lowest BCUT2D eigenvalue weighted by Gasteiger charge is -2.36. The van der Waals surface area contributed by atoms with Gasteiger partial charge in [-0.05, 0) is 47.8 Å². The summed E-state index contributed by atoms with van der Waals surface area (Å²) in [4.78, 5) is 27.3. The molecule has 1 aliphatic rings. The number of methoxy groups -OCH3 is 1. The Morgan fingerprint density at radius 2 is 1.78 bits per heavy atom. The van der Waals surface area contributed by atoms with Gasteiger partial charge in [-0.25, -0.2) is 9.97 Å². The van der Waals surface area contributed by atoms with E-state index in [9.17, 15) is 4.79 Å². The van der Waals surface area contributed by atoms with Crippen molar-refractivity contribution < 1.29 is 9.53 Å². The molecule has 162 valence electrons. The van der Waals surface area contributed by atoms with Gasteiger partial charge in [-0.1, -0.05) is 12.1 Å². The van der Waals surface area contributed by atoms with Crippen LogP contribution < -0.4 is 15.0 Å². The Morgan fingerprint density at radius 3 is 2.56 bits per heavy atom. The zero-order valence-corrected chi connectivity index (χ0v) is 18.5. The first kappa shape index (κ1) is 20.3. The number of nitrogens with one attached hydrogen (secondary N) is 1. The van der Waals surface area contributed by atoms with Crippen LogP contribution in [0.4, 0.5) is 17.2 Å². The van der Waals surface area contributed by atoms with Gasteiger partial charge < -0.3 is 19.9 Å². The number of fused-ring (bicyclic) bond motifs is 1. The molecule has 0 radical (unpaired) electrons. The van der Waals surface area contributed by atoms with Crippen molar-refractivity contribution >= 4 is 44.7 Å². The zero-order chi connectivity index (χ0) is 21.9. The molecule has 32 heavy (non-hydrogen) atoms. The zero-order valence-electron chi connectivity index (χ0n) is 17.7. The molecule has 0 atom stereocenters. The van der Waals surface area contributed by atoms with Crippen molar-refractivity contribution in [3.63, 3.8) is 0 Å². The smallest absolute Gasteiger partial charge is 0.256 e. The molecule has 3 heterocycles. The molecule has 1 amide bonds. The summed E-state index contributed by atoms with van der Waals surface area (Å²) in [5, 5.41) is 6.48. The lowest BCUT2D eigenvalue weighted by atomic mass is 10.1. The molecule has 5 rings (SSSR count).